The van der Waals surface area contributed by atoms with E-state index in [4.69, 9.17) is 12.2 Å². The number of ketones is 1. The highest BCUT2D eigenvalue weighted by Crippen LogP contribution is 2.33. The van der Waals surface area contributed by atoms with Crippen molar-refractivity contribution >= 4 is 56.2 Å². The SMILES string of the molecule is O=C1C=C(NCCNC(=S)Nc2ccccc2)c2nccc3c2c1nc1ccccc13. The van der Waals surface area contributed by atoms with Crippen LogP contribution >= 0.6 is 12.2 Å². The lowest BCUT2D eigenvalue weighted by Crippen LogP contribution is -2.34. The second-order valence-electron chi connectivity index (χ2n) is 7.16. The maximum atomic E-state index is 12.8. The van der Waals surface area contributed by atoms with Gasteiger partial charge in [0.1, 0.15) is 5.69 Å². The smallest absolute Gasteiger partial charge is 0.207 e. The third kappa shape index (κ3) is 3.71. The fourth-order valence-electron chi connectivity index (χ4n) is 3.76. The third-order valence-corrected chi connectivity index (χ3v) is 5.38. The molecule has 152 valence electrons. The molecule has 0 fully saturated rings. The molecule has 6 nitrogen and oxygen atoms in total. The van der Waals surface area contributed by atoms with E-state index in [0.29, 0.717) is 29.6 Å². The van der Waals surface area contributed by atoms with Crippen LogP contribution in [0.1, 0.15) is 16.2 Å². The van der Waals surface area contributed by atoms with Gasteiger partial charge >= 0.3 is 0 Å². The first-order valence-electron chi connectivity index (χ1n) is 9.98. The molecule has 1 aliphatic carbocycles. The van der Waals surface area contributed by atoms with Crippen LogP contribution in [0.25, 0.3) is 27.4 Å². The number of rotatable bonds is 5. The van der Waals surface area contributed by atoms with Gasteiger partial charge in [-0.2, -0.15) is 0 Å². The number of carbonyl (C=O) groups is 1. The molecule has 1 aliphatic rings. The first-order chi connectivity index (χ1) is 15.2. The van der Waals surface area contributed by atoms with Crippen LogP contribution in [0.2, 0.25) is 0 Å². The first-order valence-corrected chi connectivity index (χ1v) is 10.4. The molecule has 5 rings (SSSR count). The van der Waals surface area contributed by atoms with Gasteiger partial charge in [-0.3, -0.25) is 9.78 Å². The number of hydrogen-bond donors (Lipinski definition) is 3. The minimum absolute atomic E-state index is 0.118. The van der Waals surface area contributed by atoms with E-state index in [2.05, 4.69) is 25.9 Å². The van der Waals surface area contributed by atoms with Gasteiger partial charge in [0.2, 0.25) is 5.78 Å². The van der Waals surface area contributed by atoms with Crippen molar-refractivity contribution < 1.29 is 4.79 Å². The lowest BCUT2D eigenvalue weighted by Gasteiger charge is -2.19. The fourth-order valence-corrected chi connectivity index (χ4v) is 3.98. The maximum absolute atomic E-state index is 12.8. The highest BCUT2D eigenvalue weighted by molar-refractivity contribution is 7.80. The Morgan fingerprint density at radius 3 is 2.58 bits per heavy atom. The Morgan fingerprint density at radius 2 is 1.71 bits per heavy atom. The van der Waals surface area contributed by atoms with Gasteiger partial charge in [0, 0.05) is 41.8 Å². The lowest BCUT2D eigenvalue weighted by atomic mass is 9.95. The predicted octanol–water partition coefficient (Wildman–Crippen LogP) is 3.90. The second kappa shape index (κ2) is 8.12. The minimum Gasteiger partial charge on any atom is -0.381 e. The van der Waals surface area contributed by atoms with Crippen molar-refractivity contribution in [2.75, 3.05) is 18.4 Å². The molecule has 2 aromatic heterocycles. The number of carbonyl (C=O) groups excluding carboxylic acids is 1. The van der Waals surface area contributed by atoms with E-state index in [1.54, 1.807) is 12.3 Å². The summed E-state index contributed by atoms with van der Waals surface area (Å²) in [5.74, 6) is -0.118. The van der Waals surface area contributed by atoms with E-state index in [0.717, 1.165) is 33.1 Å². The van der Waals surface area contributed by atoms with Crippen molar-refractivity contribution in [2.45, 2.75) is 0 Å². The summed E-state index contributed by atoms with van der Waals surface area (Å²) in [6.45, 7) is 1.16. The van der Waals surface area contributed by atoms with Gasteiger partial charge < -0.3 is 16.0 Å². The zero-order chi connectivity index (χ0) is 21.2. The topological polar surface area (TPSA) is 78.9 Å². The Labute approximate surface area is 184 Å². The number of hydrogen-bond acceptors (Lipinski definition) is 5. The largest absolute Gasteiger partial charge is 0.381 e. The molecule has 7 heteroatoms. The van der Waals surface area contributed by atoms with E-state index < -0.39 is 0 Å². The quantitative estimate of drug-likeness (QED) is 0.254. The van der Waals surface area contributed by atoms with E-state index in [-0.39, 0.29) is 5.78 Å². The van der Waals surface area contributed by atoms with Crippen LogP contribution < -0.4 is 16.0 Å². The number of nitrogens with zero attached hydrogens (tertiary/aromatic N) is 2. The summed E-state index contributed by atoms with van der Waals surface area (Å²) in [6, 6.07) is 19.5. The summed E-state index contributed by atoms with van der Waals surface area (Å²) in [5.41, 5.74) is 3.64. The minimum atomic E-state index is -0.118. The van der Waals surface area contributed by atoms with Crippen molar-refractivity contribution in [1.29, 1.82) is 0 Å². The number of aromatic nitrogens is 2. The molecule has 4 aromatic rings. The lowest BCUT2D eigenvalue weighted by molar-refractivity contribution is 0.104. The van der Waals surface area contributed by atoms with Crippen molar-refractivity contribution in [3.63, 3.8) is 0 Å². The number of allylic oxidation sites excluding steroid dienone is 1. The van der Waals surface area contributed by atoms with Gasteiger partial charge in [-0.05, 0) is 41.9 Å². The fraction of sp³-hybridized carbons (Fsp3) is 0.0833. The Hall–Kier alpha value is -3.84. The molecule has 0 amide bonds. The van der Waals surface area contributed by atoms with E-state index in [1.807, 2.05) is 60.7 Å². The zero-order valence-electron chi connectivity index (χ0n) is 16.6. The van der Waals surface area contributed by atoms with E-state index in [9.17, 15) is 4.79 Å². The van der Waals surface area contributed by atoms with Crippen molar-refractivity contribution in [2.24, 2.45) is 0 Å². The maximum Gasteiger partial charge on any atom is 0.207 e. The summed E-state index contributed by atoms with van der Waals surface area (Å²) in [5, 5.41) is 13.0. The number of benzene rings is 2. The molecule has 0 atom stereocenters. The molecule has 0 radical (unpaired) electrons. The van der Waals surface area contributed by atoms with Gasteiger partial charge in [-0.15, -0.1) is 0 Å². The summed E-state index contributed by atoms with van der Waals surface area (Å²) in [7, 11) is 0. The van der Waals surface area contributed by atoms with Crippen LogP contribution in [0.5, 0.6) is 0 Å². The molecule has 31 heavy (non-hydrogen) atoms. The molecular formula is C24H19N5OS. The van der Waals surface area contributed by atoms with E-state index in [1.165, 1.54) is 0 Å². The molecule has 0 spiro atoms. The van der Waals surface area contributed by atoms with Gasteiger partial charge in [-0.1, -0.05) is 36.4 Å². The average Bonchev–Trinajstić information content (AvgIpc) is 2.80. The standard InChI is InChI=1S/C24H19N5OS/c30-20-14-19(25-12-13-27-24(31)28-15-6-2-1-3-7-15)22-21-17(10-11-26-22)16-8-4-5-9-18(16)29-23(20)21/h1-11,14,25H,12-13H2,(H2,27,28,31). The Morgan fingerprint density at radius 1 is 0.903 bits per heavy atom. The van der Waals surface area contributed by atoms with Crippen LogP contribution in [0.4, 0.5) is 5.69 Å². The van der Waals surface area contributed by atoms with Gasteiger partial charge in [0.15, 0.2) is 5.11 Å². The second-order valence-corrected chi connectivity index (χ2v) is 7.56. The highest BCUT2D eigenvalue weighted by atomic mass is 32.1. The third-order valence-electron chi connectivity index (χ3n) is 5.14. The molecule has 0 bridgehead atoms. The summed E-state index contributed by atoms with van der Waals surface area (Å²) >= 11 is 5.33. The molecule has 0 saturated heterocycles. The molecule has 0 unspecified atom stereocenters. The van der Waals surface area contributed by atoms with Crippen LogP contribution in [0.15, 0.2) is 72.9 Å². The summed E-state index contributed by atoms with van der Waals surface area (Å²) in [4.78, 5) is 22.0. The molecule has 0 aliphatic heterocycles. The number of fused-ring (bicyclic) bond motifs is 2. The van der Waals surface area contributed by atoms with Crippen LogP contribution in [0, 0.1) is 0 Å². The Kier molecular flexibility index (Phi) is 5.01. The summed E-state index contributed by atoms with van der Waals surface area (Å²) < 4.78 is 0. The molecule has 0 saturated carbocycles. The average molecular weight is 426 g/mol. The van der Waals surface area contributed by atoms with Crippen LogP contribution in [-0.4, -0.2) is 34.0 Å². The van der Waals surface area contributed by atoms with Crippen molar-refractivity contribution in [1.82, 2.24) is 20.6 Å². The number of pyridine rings is 2. The normalized spacial score (nSPS) is 12.5. The first kappa shape index (κ1) is 19.1. The van der Waals surface area contributed by atoms with Gasteiger partial charge in [0.05, 0.1) is 16.9 Å². The van der Waals surface area contributed by atoms with Gasteiger partial charge in [0.25, 0.3) is 0 Å². The van der Waals surface area contributed by atoms with Crippen molar-refractivity contribution in [3.05, 3.63) is 84.3 Å². The molecule has 2 heterocycles. The van der Waals surface area contributed by atoms with Crippen LogP contribution in [-0.2, 0) is 0 Å². The number of thiocarbonyl (C=S) groups is 1. The number of anilines is 1. The van der Waals surface area contributed by atoms with Crippen LogP contribution in [0.3, 0.4) is 0 Å². The summed E-state index contributed by atoms with van der Waals surface area (Å²) in [6.07, 6.45) is 3.35. The Bertz CT molecular complexity index is 1350. The van der Waals surface area contributed by atoms with E-state index >= 15 is 0 Å². The number of nitrogens with one attached hydrogen (secondary N) is 3. The monoisotopic (exact) mass is 425 g/mol. The number of para-hydroxylation sites is 2. The Balaban J connectivity index is 1.32. The van der Waals surface area contributed by atoms with Crippen molar-refractivity contribution in [3.8, 4) is 0 Å². The zero-order valence-corrected chi connectivity index (χ0v) is 17.4. The van der Waals surface area contributed by atoms with Gasteiger partial charge in [-0.25, -0.2) is 4.98 Å². The molecular weight excluding hydrogens is 406 g/mol. The molecule has 2 aromatic carbocycles. The highest BCUT2D eigenvalue weighted by Gasteiger charge is 2.24. The predicted molar refractivity (Wildman–Crippen MR) is 128 cm³/mol. The molecule has 3 N–H and O–H groups in total.